The third kappa shape index (κ3) is 3.12. The third-order valence-corrected chi connectivity index (χ3v) is 4.66. The summed E-state index contributed by atoms with van der Waals surface area (Å²) in [6, 6.07) is 7.54. The van der Waals surface area contributed by atoms with Gasteiger partial charge in [0, 0.05) is 28.2 Å². The molecule has 0 spiro atoms. The summed E-state index contributed by atoms with van der Waals surface area (Å²) in [4.78, 5) is 14.8. The van der Waals surface area contributed by atoms with Crippen LogP contribution in [-0.2, 0) is 0 Å². The minimum absolute atomic E-state index is 0.130. The van der Waals surface area contributed by atoms with Crippen molar-refractivity contribution in [2.75, 3.05) is 18.8 Å². The molecule has 0 radical (unpaired) electrons. The molecule has 1 aromatic carbocycles. The lowest BCUT2D eigenvalue weighted by Crippen LogP contribution is -2.34. The highest BCUT2D eigenvalue weighted by Gasteiger charge is 2.22. The largest absolute Gasteiger partial charge is 0.397 e. The van der Waals surface area contributed by atoms with Gasteiger partial charge in [0.1, 0.15) is 4.88 Å². The number of nitrogen functional groups attached to an aromatic ring is 1. The van der Waals surface area contributed by atoms with E-state index in [0.29, 0.717) is 28.7 Å². The first-order valence-electron chi connectivity index (χ1n) is 6.64. The molecule has 1 amide bonds. The second-order valence-electron chi connectivity index (χ2n) is 4.86. The Kier molecular flexibility index (Phi) is 4.71. The van der Waals surface area contributed by atoms with Gasteiger partial charge in [-0.15, -0.1) is 11.3 Å². The molecule has 1 atom stereocenters. The molecule has 1 aromatic heterocycles. The minimum Gasteiger partial charge on any atom is -0.397 e. The van der Waals surface area contributed by atoms with Gasteiger partial charge in [0.25, 0.3) is 5.91 Å². The number of benzene rings is 1. The molecule has 0 aliphatic carbocycles. The number of nitriles is 1. The molecule has 1 unspecified atom stereocenters. The second-order valence-corrected chi connectivity index (χ2v) is 6.35. The first-order valence-corrected chi connectivity index (χ1v) is 7.83. The standard InChI is InChI=1S/C15H16ClN3OS/c1-3-19(8-9(2)7-17)15(20)14-13(18)11-5-4-10(16)6-12(11)21-14/h4-6,9H,3,8,18H2,1-2H3. The fraction of sp³-hybridized carbons (Fsp3) is 0.333. The number of nitrogens with two attached hydrogens (primary N) is 1. The maximum atomic E-state index is 12.6. The van der Waals surface area contributed by atoms with E-state index in [1.165, 1.54) is 11.3 Å². The number of fused-ring (bicyclic) bond motifs is 1. The van der Waals surface area contributed by atoms with Crippen molar-refractivity contribution in [2.45, 2.75) is 13.8 Å². The zero-order valence-corrected chi connectivity index (χ0v) is 13.5. The van der Waals surface area contributed by atoms with Gasteiger partial charge >= 0.3 is 0 Å². The Balaban J connectivity index is 2.38. The maximum Gasteiger partial charge on any atom is 0.266 e. The Labute approximate surface area is 132 Å². The molecule has 2 aromatic rings. The van der Waals surface area contributed by atoms with Gasteiger partial charge in [-0.2, -0.15) is 5.26 Å². The fourth-order valence-corrected chi connectivity index (χ4v) is 3.49. The number of carbonyl (C=O) groups is 1. The van der Waals surface area contributed by atoms with Gasteiger partial charge in [0.15, 0.2) is 0 Å². The molecular formula is C15H16ClN3OS. The van der Waals surface area contributed by atoms with Crippen molar-refractivity contribution in [2.24, 2.45) is 5.92 Å². The van der Waals surface area contributed by atoms with Crippen LogP contribution in [0.4, 0.5) is 5.69 Å². The molecule has 110 valence electrons. The number of hydrogen-bond donors (Lipinski definition) is 1. The summed E-state index contributed by atoms with van der Waals surface area (Å²) in [5.74, 6) is -0.339. The van der Waals surface area contributed by atoms with E-state index in [0.717, 1.165) is 10.1 Å². The lowest BCUT2D eigenvalue weighted by atomic mass is 10.2. The van der Waals surface area contributed by atoms with E-state index >= 15 is 0 Å². The number of carbonyl (C=O) groups excluding carboxylic acids is 1. The zero-order chi connectivity index (χ0) is 15.6. The predicted molar refractivity (Wildman–Crippen MR) is 87.6 cm³/mol. The molecule has 21 heavy (non-hydrogen) atoms. The topological polar surface area (TPSA) is 70.1 Å². The minimum atomic E-state index is -0.209. The van der Waals surface area contributed by atoms with Crippen molar-refractivity contribution in [3.8, 4) is 6.07 Å². The van der Waals surface area contributed by atoms with E-state index in [9.17, 15) is 4.79 Å². The van der Waals surface area contributed by atoms with Gasteiger partial charge < -0.3 is 10.6 Å². The average molecular weight is 322 g/mol. The SMILES string of the molecule is CCN(CC(C)C#N)C(=O)c1sc2cc(Cl)ccc2c1N. The van der Waals surface area contributed by atoms with Crippen molar-refractivity contribution in [3.63, 3.8) is 0 Å². The van der Waals surface area contributed by atoms with Crippen LogP contribution in [0.2, 0.25) is 5.02 Å². The molecule has 6 heteroatoms. The van der Waals surface area contributed by atoms with Crippen LogP contribution < -0.4 is 5.73 Å². The van der Waals surface area contributed by atoms with Gasteiger partial charge in [-0.25, -0.2) is 0 Å². The number of rotatable bonds is 4. The number of nitrogens with zero attached hydrogens (tertiary/aromatic N) is 2. The Morgan fingerprint density at radius 3 is 2.90 bits per heavy atom. The predicted octanol–water partition coefficient (Wildman–Crippen LogP) is 3.76. The molecule has 0 aliphatic heterocycles. The van der Waals surface area contributed by atoms with E-state index in [-0.39, 0.29) is 11.8 Å². The van der Waals surface area contributed by atoms with Crippen LogP contribution in [0.1, 0.15) is 23.5 Å². The number of thiophene rings is 1. The molecule has 0 bridgehead atoms. The highest BCUT2D eigenvalue weighted by Crippen LogP contribution is 2.36. The smallest absolute Gasteiger partial charge is 0.266 e. The Morgan fingerprint density at radius 2 is 2.29 bits per heavy atom. The molecule has 0 saturated heterocycles. The van der Waals surface area contributed by atoms with Gasteiger partial charge in [-0.1, -0.05) is 11.6 Å². The number of halogens is 1. The molecule has 0 saturated carbocycles. The van der Waals surface area contributed by atoms with Crippen molar-refractivity contribution >= 4 is 44.6 Å². The average Bonchev–Trinajstić information content (AvgIpc) is 2.80. The zero-order valence-electron chi connectivity index (χ0n) is 11.9. The van der Waals surface area contributed by atoms with Crippen LogP contribution in [0.25, 0.3) is 10.1 Å². The van der Waals surface area contributed by atoms with Crippen LogP contribution in [0.5, 0.6) is 0 Å². The molecular weight excluding hydrogens is 306 g/mol. The maximum absolute atomic E-state index is 12.6. The van der Waals surface area contributed by atoms with Crippen LogP contribution in [0, 0.1) is 17.2 Å². The van der Waals surface area contributed by atoms with E-state index in [2.05, 4.69) is 6.07 Å². The summed E-state index contributed by atoms with van der Waals surface area (Å²) in [6.45, 7) is 4.63. The van der Waals surface area contributed by atoms with Crippen LogP contribution >= 0.6 is 22.9 Å². The molecule has 0 fully saturated rings. The first-order chi connectivity index (χ1) is 9.97. The van der Waals surface area contributed by atoms with Crippen molar-refractivity contribution < 1.29 is 4.79 Å². The highest BCUT2D eigenvalue weighted by molar-refractivity contribution is 7.21. The molecule has 1 heterocycles. The number of hydrogen-bond acceptors (Lipinski definition) is 4. The van der Waals surface area contributed by atoms with Crippen LogP contribution in [0.3, 0.4) is 0 Å². The van der Waals surface area contributed by atoms with Crippen LogP contribution in [0.15, 0.2) is 18.2 Å². The Morgan fingerprint density at radius 1 is 1.57 bits per heavy atom. The van der Waals surface area contributed by atoms with Crippen molar-refractivity contribution in [1.29, 1.82) is 5.26 Å². The van der Waals surface area contributed by atoms with Crippen molar-refractivity contribution in [3.05, 3.63) is 28.1 Å². The van der Waals surface area contributed by atoms with E-state index in [1.807, 2.05) is 19.1 Å². The third-order valence-electron chi connectivity index (χ3n) is 3.27. The van der Waals surface area contributed by atoms with Crippen molar-refractivity contribution in [1.82, 2.24) is 4.90 Å². The van der Waals surface area contributed by atoms with Gasteiger partial charge in [0.05, 0.1) is 17.7 Å². The molecule has 2 rings (SSSR count). The van der Waals surface area contributed by atoms with E-state index < -0.39 is 0 Å². The summed E-state index contributed by atoms with van der Waals surface area (Å²) < 4.78 is 0.896. The lowest BCUT2D eigenvalue weighted by molar-refractivity contribution is 0.0758. The summed E-state index contributed by atoms with van der Waals surface area (Å²) in [6.07, 6.45) is 0. The molecule has 2 N–H and O–H groups in total. The van der Waals surface area contributed by atoms with Crippen LogP contribution in [-0.4, -0.2) is 23.9 Å². The Hall–Kier alpha value is -1.77. The summed E-state index contributed by atoms with van der Waals surface area (Å²) in [7, 11) is 0. The Bertz CT molecular complexity index is 720. The summed E-state index contributed by atoms with van der Waals surface area (Å²) in [5.41, 5.74) is 6.59. The van der Waals surface area contributed by atoms with Gasteiger partial charge in [-0.05, 0) is 32.0 Å². The van der Waals surface area contributed by atoms with E-state index in [4.69, 9.17) is 22.6 Å². The summed E-state index contributed by atoms with van der Waals surface area (Å²) in [5, 5.41) is 10.4. The van der Waals surface area contributed by atoms with E-state index in [1.54, 1.807) is 17.9 Å². The number of anilines is 1. The highest BCUT2D eigenvalue weighted by atomic mass is 35.5. The summed E-state index contributed by atoms with van der Waals surface area (Å²) >= 11 is 7.31. The lowest BCUT2D eigenvalue weighted by Gasteiger charge is -2.21. The number of amides is 1. The molecule has 0 aliphatic rings. The van der Waals surface area contributed by atoms with Gasteiger partial charge in [-0.3, -0.25) is 4.79 Å². The normalized spacial score (nSPS) is 12.1. The first kappa shape index (κ1) is 15.6. The van der Waals surface area contributed by atoms with Gasteiger partial charge in [0.2, 0.25) is 0 Å². The molecule has 4 nitrogen and oxygen atoms in total. The second kappa shape index (κ2) is 6.33. The monoisotopic (exact) mass is 321 g/mol. The quantitative estimate of drug-likeness (QED) is 0.932. The fourth-order valence-electron chi connectivity index (χ4n) is 2.12.